The highest BCUT2D eigenvalue weighted by Crippen LogP contribution is 2.33. The molecule has 3 aromatic heterocycles. The van der Waals surface area contributed by atoms with Gasteiger partial charge in [-0.05, 0) is 30.7 Å². The van der Waals surface area contributed by atoms with E-state index < -0.39 is 0 Å². The van der Waals surface area contributed by atoms with Crippen LogP contribution in [-0.2, 0) is 14.3 Å². The molecule has 0 unspecified atom stereocenters. The van der Waals surface area contributed by atoms with Gasteiger partial charge < -0.3 is 14.5 Å². The first-order chi connectivity index (χ1) is 16.1. The molecular weight excluding hydrogens is 462 g/mol. The van der Waals surface area contributed by atoms with Crippen LogP contribution in [0.15, 0.2) is 68.5 Å². The number of thioether (sulfide) groups is 1. The lowest BCUT2D eigenvalue weighted by atomic mass is 10.2. The lowest BCUT2D eigenvalue weighted by Crippen LogP contribution is -2.27. The Balaban J connectivity index is 1.60. The number of ether oxygens (including phenoxy) is 1. The Kier molecular flexibility index (Phi) is 7.26. The maximum absolute atomic E-state index is 13.6. The van der Waals surface area contributed by atoms with Crippen molar-refractivity contribution < 1.29 is 18.7 Å². The molecule has 4 rings (SSSR count). The van der Waals surface area contributed by atoms with Gasteiger partial charge in [0.1, 0.15) is 10.6 Å². The van der Waals surface area contributed by atoms with Crippen LogP contribution >= 0.6 is 23.1 Å². The molecule has 0 aliphatic rings. The standard InChI is InChI=1S/C23H21N3O5S2/c1-30-19(28)10-5-11-24-18(27)14-33-23-25-21-20(16(13-32-21)17-9-6-12-31-17)22(29)26(23)15-7-3-2-4-8-15/h2-4,6-9,12-13H,5,10-11,14H2,1H3,(H,24,27). The summed E-state index contributed by atoms with van der Waals surface area (Å²) in [6.07, 6.45) is 2.30. The van der Waals surface area contributed by atoms with E-state index >= 15 is 0 Å². The van der Waals surface area contributed by atoms with Gasteiger partial charge in [0.2, 0.25) is 5.91 Å². The van der Waals surface area contributed by atoms with Gasteiger partial charge in [-0.25, -0.2) is 4.98 Å². The number of thiophene rings is 1. The van der Waals surface area contributed by atoms with Crippen molar-refractivity contribution in [3.63, 3.8) is 0 Å². The van der Waals surface area contributed by atoms with E-state index in [0.29, 0.717) is 45.3 Å². The lowest BCUT2D eigenvalue weighted by molar-refractivity contribution is -0.140. The Morgan fingerprint density at radius 1 is 1.21 bits per heavy atom. The Labute approximate surface area is 197 Å². The number of benzene rings is 1. The number of hydrogen-bond donors (Lipinski definition) is 1. The van der Waals surface area contributed by atoms with Crippen molar-refractivity contribution >= 4 is 45.2 Å². The molecule has 10 heteroatoms. The van der Waals surface area contributed by atoms with Gasteiger partial charge in [-0.2, -0.15) is 0 Å². The number of aromatic nitrogens is 2. The van der Waals surface area contributed by atoms with E-state index in [9.17, 15) is 14.4 Å². The molecule has 0 aliphatic heterocycles. The zero-order valence-corrected chi connectivity index (χ0v) is 19.4. The van der Waals surface area contributed by atoms with Crippen molar-refractivity contribution in [2.24, 2.45) is 0 Å². The lowest BCUT2D eigenvalue weighted by Gasteiger charge is -2.12. The Bertz CT molecular complexity index is 1310. The topological polar surface area (TPSA) is 103 Å². The van der Waals surface area contributed by atoms with Gasteiger partial charge in [-0.15, -0.1) is 11.3 Å². The summed E-state index contributed by atoms with van der Waals surface area (Å²) in [5.74, 6) is 0.167. The highest BCUT2D eigenvalue weighted by Gasteiger charge is 2.20. The maximum Gasteiger partial charge on any atom is 0.305 e. The van der Waals surface area contributed by atoms with E-state index in [1.54, 1.807) is 18.4 Å². The number of carbonyl (C=O) groups excluding carboxylic acids is 2. The summed E-state index contributed by atoms with van der Waals surface area (Å²) in [6, 6.07) is 12.8. The molecule has 170 valence electrons. The first-order valence-electron chi connectivity index (χ1n) is 10.2. The molecule has 0 atom stereocenters. The van der Waals surface area contributed by atoms with Crippen LogP contribution in [0.1, 0.15) is 12.8 Å². The quantitative estimate of drug-likeness (QED) is 0.167. The summed E-state index contributed by atoms with van der Waals surface area (Å²) in [7, 11) is 1.33. The average Bonchev–Trinajstić information content (AvgIpc) is 3.51. The molecular formula is C23H21N3O5S2. The third-order valence-electron chi connectivity index (χ3n) is 4.82. The minimum absolute atomic E-state index is 0.0828. The number of rotatable bonds is 9. The molecule has 4 aromatic rings. The fraction of sp³-hybridized carbons (Fsp3) is 0.217. The average molecular weight is 484 g/mol. The monoisotopic (exact) mass is 483 g/mol. The SMILES string of the molecule is COC(=O)CCCNC(=O)CSc1nc2scc(-c3ccco3)c2c(=O)n1-c1ccccc1. The Hall–Kier alpha value is -3.37. The summed E-state index contributed by atoms with van der Waals surface area (Å²) in [6.45, 7) is 0.365. The number of fused-ring (bicyclic) bond motifs is 1. The van der Waals surface area contributed by atoms with Crippen LogP contribution in [0.3, 0.4) is 0 Å². The van der Waals surface area contributed by atoms with Crippen molar-refractivity contribution in [2.45, 2.75) is 18.0 Å². The van der Waals surface area contributed by atoms with Crippen molar-refractivity contribution in [1.29, 1.82) is 0 Å². The molecule has 3 heterocycles. The minimum atomic E-state index is -0.312. The largest absolute Gasteiger partial charge is 0.469 e. The smallest absolute Gasteiger partial charge is 0.305 e. The van der Waals surface area contributed by atoms with Crippen LogP contribution in [0, 0.1) is 0 Å². The van der Waals surface area contributed by atoms with Crippen LogP contribution in [0.5, 0.6) is 0 Å². The molecule has 0 fully saturated rings. The van der Waals surface area contributed by atoms with Gasteiger partial charge >= 0.3 is 5.97 Å². The second-order valence-electron chi connectivity index (χ2n) is 7.00. The van der Waals surface area contributed by atoms with Gasteiger partial charge in [-0.1, -0.05) is 30.0 Å². The zero-order chi connectivity index (χ0) is 23.2. The summed E-state index contributed by atoms with van der Waals surface area (Å²) < 4.78 is 11.6. The summed E-state index contributed by atoms with van der Waals surface area (Å²) in [4.78, 5) is 42.4. The second kappa shape index (κ2) is 10.5. The number of nitrogens with zero attached hydrogens (tertiary/aromatic N) is 2. The number of esters is 1. The molecule has 0 radical (unpaired) electrons. The van der Waals surface area contributed by atoms with E-state index in [4.69, 9.17) is 9.40 Å². The van der Waals surface area contributed by atoms with Crippen molar-refractivity contribution in [3.8, 4) is 17.0 Å². The van der Waals surface area contributed by atoms with Crippen LogP contribution in [0.4, 0.5) is 0 Å². The number of furan rings is 1. The predicted molar refractivity (Wildman–Crippen MR) is 128 cm³/mol. The number of amides is 1. The molecule has 0 saturated carbocycles. The van der Waals surface area contributed by atoms with Gasteiger partial charge in [0.05, 0.1) is 30.2 Å². The molecule has 8 nitrogen and oxygen atoms in total. The van der Waals surface area contributed by atoms with E-state index in [1.807, 2.05) is 35.7 Å². The van der Waals surface area contributed by atoms with E-state index in [0.717, 1.165) is 0 Å². The van der Waals surface area contributed by atoms with E-state index in [-0.39, 0.29) is 29.6 Å². The molecule has 0 spiro atoms. The van der Waals surface area contributed by atoms with Gasteiger partial charge in [0.15, 0.2) is 5.16 Å². The molecule has 1 N–H and O–H groups in total. The molecule has 0 bridgehead atoms. The number of nitrogens with one attached hydrogen (secondary N) is 1. The van der Waals surface area contributed by atoms with Crippen molar-refractivity contribution in [2.75, 3.05) is 19.4 Å². The first kappa shape index (κ1) is 22.8. The van der Waals surface area contributed by atoms with Crippen molar-refractivity contribution in [1.82, 2.24) is 14.9 Å². The van der Waals surface area contributed by atoms with Crippen LogP contribution in [-0.4, -0.2) is 40.8 Å². The fourth-order valence-corrected chi connectivity index (χ4v) is 5.04. The molecule has 1 aromatic carbocycles. The van der Waals surface area contributed by atoms with Gasteiger partial charge in [0, 0.05) is 23.9 Å². The first-order valence-corrected chi connectivity index (χ1v) is 12.0. The third-order valence-corrected chi connectivity index (χ3v) is 6.63. The maximum atomic E-state index is 13.6. The molecule has 0 saturated heterocycles. The van der Waals surface area contributed by atoms with Crippen LogP contribution in [0.25, 0.3) is 27.2 Å². The molecule has 33 heavy (non-hydrogen) atoms. The Morgan fingerprint density at radius 2 is 2.03 bits per heavy atom. The zero-order valence-electron chi connectivity index (χ0n) is 17.8. The molecule has 1 amide bonds. The number of para-hydroxylation sites is 1. The minimum Gasteiger partial charge on any atom is -0.469 e. The van der Waals surface area contributed by atoms with Crippen LogP contribution in [0.2, 0.25) is 0 Å². The van der Waals surface area contributed by atoms with Gasteiger partial charge in [0.25, 0.3) is 5.56 Å². The normalized spacial score (nSPS) is 10.9. The third kappa shape index (κ3) is 5.18. The Morgan fingerprint density at radius 3 is 2.76 bits per heavy atom. The molecule has 0 aliphatic carbocycles. The number of carbonyl (C=O) groups is 2. The summed E-state index contributed by atoms with van der Waals surface area (Å²) >= 11 is 2.54. The van der Waals surface area contributed by atoms with E-state index in [1.165, 1.54) is 34.8 Å². The highest BCUT2D eigenvalue weighted by atomic mass is 32.2. The van der Waals surface area contributed by atoms with Crippen LogP contribution < -0.4 is 10.9 Å². The van der Waals surface area contributed by atoms with Crippen molar-refractivity contribution in [3.05, 3.63) is 64.5 Å². The number of methoxy groups -OCH3 is 1. The number of hydrogen-bond acceptors (Lipinski definition) is 8. The summed E-state index contributed by atoms with van der Waals surface area (Å²) in [5.41, 5.74) is 1.14. The van der Waals surface area contributed by atoms with Gasteiger partial charge in [-0.3, -0.25) is 19.0 Å². The predicted octanol–water partition coefficient (Wildman–Crippen LogP) is 3.87. The second-order valence-corrected chi connectivity index (χ2v) is 8.80. The summed E-state index contributed by atoms with van der Waals surface area (Å²) in [5, 5.41) is 5.54. The fourth-order valence-electron chi connectivity index (χ4n) is 3.23. The highest BCUT2D eigenvalue weighted by molar-refractivity contribution is 7.99. The van der Waals surface area contributed by atoms with E-state index in [2.05, 4.69) is 10.1 Å².